The highest BCUT2D eigenvalue weighted by Crippen LogP contribution is 2.33. The van der Waals surface area contributed by atoms with Gasteiger partial charge in [0.25, 0.3) is 0 Å². The van der Waals surface area contributed by atoms with Gasteiger partial charge in [-0.25, -0.2) is 0 Å². The maximum Gasteiger partial charge on any atom is 0.130 e. The minimum absolute atomic E-state index is 0.0866. The van der Waals surface area contributed by atoms with Crippen molar-refractivity contribution in [2.24, 2.45) is 5.73 Å². The van der Waals surface area contributed by atoms with Crippen LogP contribution in [0.5, 0.6) is 5.75 Å². The summed E-state index contributed by atoms with van der Waals surface area (Å²) < 4.78 is 6.20. The molecule has 2 aromatic carbocycles. The molecule has 2 aromatic rings. The van der Waals surface area contributed by atoms with E-state index in [1.54, 1.807) is 0 Å². The molecule has 0 aliphatic rings. The molecule has 1 unspecified atom stereocenters. The Kier molecular flexibility index (Phi) is 5.19. The van der Waals surface area contributed by atoms with E-state index in [-0.39, 0.29) is 6.10 Å². The van der Waals surface area contributed by atoms with Gasteiger partial charge in [-0.2, -0.15) is 0 Å². The average Bonchev–Trinajstić information content (AvgIpc) is 2.49. The fraction of sp³-hybridized carbons (Fsp3) is 0.333. The van der Waals surface area contributed by atoms with Crippen LogP contribution >= 0.6 is 0 Å². The topological polar surface area (TPSA) is 35.2 Å². The molecule has 0 heterocycles. The molecule has 2 heteroatoms. The summed E-state index contributed by atoms with van der Waals surface area (Å²) in [5, 5.41) is 0. The SMILES string of the molecule is CCCC(CN)Oc1c(C)cccc1-c1ccccc1. The first kappa shape index (κ1) is 14.6. The van der Waals surface area contributed by atoms with E-state index in [2.05, 4.69) is 44.2 Å². The molecule has 0 aromatic heterocycles. The highest BCUT2D eigenvalue weighted by atomic mass is 16.5. The lowest BCUT2D eigenvalue weighted by Gasteiger charge is -2.21. The largest absolute Gasteiger partial charge is 0.488 e. The molecule has 0 aliphatic heterocycles. The van der Waals surface area contributed by atoms with Crippen molar-refractivity contribution in [2.45, 2.75) is 32.8 Å². The summed E-state index contributed by atoms with van der Waals surface area (Å²) in [6, 6.07) is 16.6. The van der Waals surface area contributed by atoms with E-state index in [4.69, 9.17) is 10.5 Å². The molecular formula is C18H23NO. The van der Waals surface area contributed by atoms with E-state index < -0.39 is 0 Å². The van der Waals surface area contributed by atoms with Gasteiger partial charge in [0.2, 0.25) is 0 Å². The van der Waals surface area contributed by atoms with Crippen molar-refractivity contribution in [3.05, 3.63) is 54.1 Å². The Bertz CT molecular complexity index is 536. The summed E-state index contributed by atoms with van der Waals surface area (Å²) in [6.45, 7) is 4.79. The lowest BCUT2D eigenvalue weighted by molar-refractivity contribution is 0.197. The molecule has 0 spiro atoms. The number of aryl methyl sites for hydroxylation is 1. The molecule has 0 saturated carbocycles. The highest BCUT2D eigenvalue weighted by molar-refractivity contribution is 5.72. The van der Waals surface area contributed by atoms with Crippen molar-refractivity contribution in [1.29, 1.82) is 0 Å². The van der Waals surface area contributed by atoms with Crippen LogP contribution in [-0.4, -0.2) is 12.6 Å². The number of para-hydroxylation sites is 1. The van der Waals surface area contributed by atoms with E-state index in [0.717, 1.165) is 29.7 Å². The minimum Gasteiger partial charge on any atom is -0.488 e. The first-order valence-corrected chi connectivity index (χ1v) is 7.28. The monoisotopic (exact) mass is 269 g/mol. The maximum atomic E-state index is 6.20. The molecule has 0 bridgehead atoms. The Morgan fingerprint density at radius 3 is 2.45 bits per heavy atom. The van der Waals surface area contributed by atoms with Gasteiger partial charge in [0.1, 0.15) is 11.9 Å². The zero-order chi connectivity index (χ0) is 14.4. The van der Waals surface area contributed by atoms with Gasteiger partial charge in [-0.3, -0.25) is 0 Å². The molecule has 2 rings (SSSR count). The number of benzene rings is 2. The predicted molar refractivity (Wildman–Crippen MR) is 85.0 cm³/mol. The van der Waals surface area contributed by atoms with Crippen LogP contribution in [0.15, 0.2) is 48.5 Å². The standard InChI is InChI=1S/C18H23NO/c1-3-8-16(13-19)20-18-14(2)9-7-12-17(18)15-10-5-4-6-11-15/h4-7,9-12,16H,3,8,13,19H2,1-2H3. The van der Waals surface area contributed by atoms with Crippen LogP contribution in [0.1, 0.15) is 25.3 Å². The molecule has 2 nitrogen and oxygen atoms in total. The molecule has 1 atom stereocenters. The van der Waals surface area contributed by atoms with Crippen LogP contribution in [0.25, 0.3) is 11.1 Å². The van der Waals surface area contributed by atoms with Gasteiger partial charge in [-0.05, 0) is 24.5 Å². The lowest BCUT2D eigenvalue weighted by atomic mass is 10.0. The van der Waals surface area contributed by atoms with E-state index in [1.807, 2.05) is 18.2 Å². The molecule has 2 N–H and O–H groups in total. The van der Waals surface area contributed by atoms with Gasteiger partial charge < -0.3 is 10.5 Å². The summed E-state index contributed by atoms with van der Waals surface area (Å²) in [6.07, 6.45) is 2.15. The van der Waals surface area contributed by atoms with E-state index >= 15 is 0 Å². The zero-order valence-corrected chi connectivity index (χ0v) is 12.3. The van der Waals surface area contributed by atoms with Crippen molar-refractivity contribution in [1.82, 2.24) is 0 Å². The van der Waals surface area contributed by atoms with Crippen LogP contribution in [0, 0.1) is 6.92 Å². The number of hydrogen-bond acceptors (Lipinski definition) is 2. The smallest absolute Gasteiger partial charge is 0.130 e. The second kappa shape index (κ2) is 7.11. The van der Waals surface area contributed by atoms with Crippen LogP contribution in [0.2, 0.25) is 0 Å². The van der Waals surface area contributed by atoms with Gasteiger partial charge in [-0.1, -0.05) is 61.9 Å². The van der Waals surface area contributed by atoms with Crippen LogP contribution in [0.3, 0.4) is 0 Å². The Morgan fingerprint density at radius 2 is 1.80 bits per heavy atom. The number of nitrogens with two attached hydrogens (primary N) is 1. The third-order valence-electron chi connectivity index (χ3n) is 3.45. The summed E-state index contributed by atoms with van der Waals surface area (Å²) in [5.74, 6) is 0.961. The third kappa shape index (κ3) is 3.40. The van der Waals surface area contributed by atoms with Crippen LogP contribution in [0.4, 0.5) is 0 Å². The Hall–Kier alpha value is -1.80. The molecule has 0 amide bonds. The van der Waals surface area contributed by atoms with Gasteiger partial charge in [0, 0.05) is 12.1 Å². The van der Waals surface area contributed by atoms with E-state index in [0.29, 0.717) is 6.54 Å². The molecule has 106 valence electrons. The normalized spacial score (nSPS) is 12.2. The second-order valence-corrected chi connectivity index (χ2v) is 5.08. The summed E-state index contributed by atoms with van der Waals surface area (Å²) in [5.41, 5.74) is 9.29. The third-order valence-corrected chi connectivity index (χ3v) is 3.45. The van der Waals surface area contributed by atoms with Crippen LogP contribution in [-0.2, 0) is 0 Å². The molecule has 20 heavy (non-hydrogen) atoms. The molecule has 0 radical (unpaired) electrons. The summed E-state index contributed by atoms with van der Waals surface area (Å²) in [4.78, 5) is 0. The predicted octanol–water partition coefficient (Wildman–Crippen LogP) is 4.17. The summed E-state index contributed by atoms with van der Waals surface area (Å²) in [7, 11) is 0. The fourth-order valence-corrected chi connectivity index (χ4v) is 2.37. The van der Waals surface area contributed by atoms with Gasteiger partial charge in [-0.15, -0.1) is 0 Å². The van der Waals surface area contributed by atoms with E-state index in [1.165, 1.54) is 5.56 Å². The van der Waals surface area contributed by atoms with Gasteiger partial charge >= 0.3 is 0 Å². The van der Waals surface area contributed by atoms with Crippen molar-refractivity contribution in [2.75, 3.05) is 6.54 Å². The highest BCUT2D eigenvalue weighted by Gasteiger charge is 2.13. The Balaban J connectivity index is 2.36. The number of rotatable bonds is 6. The van der Waals surface area contributed by atoms with Crippen molar-refractivity contribution >= 4 is 0 Å². The first-order chi connectivity index (χ1) is 9.76. The second-order valence-electron chi connectivity index (χ2n) is 5.08. The number of ether oxygens (including phenoxy) is 1. The summed E-state index contributed by atoms with van der Waals surface area (Å²) >= 11 is 0. The van der Waals surface area contributed by atoms with Gasteiger partial charge in [0.05, 0.1) is 0 Å². The lowest BCUT2D eigenvalue weighted by Crippen LogP contribution is -2.26. The van der Waals surface area contributed by atoms with Gasteiger partial charge in [0.15, 0.2) is 0 Å². The minimum atomic E-state index is 0.0866. The van der Waals surface area contributed by atoms with E-state index in [9.17, 15) is 0 Å². The zero-order valence-electron chi connectivity index (χ0n) is 12.3. The first-order valence-electron chi connectivity index (χ1n) is 7.28. The molecule has 0 aliphatic carbocycles. The Labute approximate surface area is 121 Å². The molecular weight excluding hydrogens is 246 g/mol. The molecule has 0 fully saturated rings. The van der Waals surface area contributed by atoms with Crippen molar-refractivity contribution in [3.63, 3.8) is 0 Å². The fourth-order valence-electron chi connectivity index (χ4n) is 2.37. The van der Waals surface area contributed by atoms with Crippen LogP contribution < -0.4 is 10.5 Å². The van der Waals surface area contributed by atoms with Crippen molar-refractivity contribution in [3.8, 4) is 16.9 Å². The Morgan fingerprint density at radius 1 is 1.05 bits per heavy atom. The maximum absolute atomic E-state index is 6.20. The average molecular weight is 269 g/mol. The molecule has 0 saturated heterocycles. The quantitative estimate of drug-likeness (QED) is 0.854. The number of hydrogen-bond donors (Lipinski definition) is 1. The van der Waals surface area contributed by atoms with Crippen molar-refractivity contribution < 1.29 is 4.74 Å².